The number of benzene rings is 1. The van der Waals surface area contributed by atoms with Crippen molar-refractivity contribution in [3.05, 3.63) is 33.3 Å². The molecule has 1 aromatic carbocycles. The van der Waals surface area contributed by atoms with Gasteiger partial charge in [-0.25, -0.2) is 0 Å². The molecule has 1 aromatic rings. The summed E-state index contributed by atoms with van der Waals surface area (Å²) in [6.45, 7) is 4.82. The number of aliphatic hydroxyl groups is 1. The fourth-order valence-electron chi connectivity index (χ4n) is 2.03. The van der Waals surface area contributed by atoms with E-state index in [0.29, 0.717) is 6.54 Å². The van der Waals surface area contributed by atoms with Crippen LogP contribution in [0.4, 0.5) is 0 Å². The first-order valence-corrected chi connectivity index (χ1v) is 7.73. The Bertz CT molecular complexity index is 390. The fourth-order valence-corrected chi connectivity index (χ4v) is 2.84. The van der Waals surface area contributed by atoms with Crippen LogP contribution < -0.4 is 5.32 Å². The van der Waals surface area contributed by atoms with Crippen molar-refractivity contribution in [3.8, 4) is 0 Å². The van der Waals surface area contributed by atoms with Crippen molar-refractivity contribution < 1.29 is 5.11 Å². The monoisotopic (exact) mass is 348 g/mol. The molecule has 0 heterocycles. The molecule has 0 aliphatic carbocycles. The van der Waals surface area contributed by atoms with Gasteiger partial charge in [0, 0.05) is 22.1 Å². The minimum atomic E-state index is 0.196. The highest BCUT2D eigenvalue weighted by molar-refractivity contribution is 9.10. The third-order valence-electron chi connectivity index (χ3n) is 3.07. The maximum absolute atomic E-state index is 8.91. The SMILES string of the molecule is CCNC(CCN(C)CCO)c1ccc(Br)cc1Cl. The molecule has 0 saturated heterocycles. The van der Waals surface area contributed by atoms with E-state index in [4.69, 9.17) is 16.7 Å². The summed E-state index contributed by atoms with van der Waals surface area (Å²) in [5.41, 5.74) is 1.13. The predicted molar refractivity (Wildman–Crippen MR) is 84.8 cm³/mol. The topological polar surface area (TPSA) is 35.5 Å². The van der Waals surface area contributed by atoms with Gasteiger partial charge >= 0.3 is 0 Å². The van der Waals surface area contributed by atoms with Crippen molar-refractivity contribution in [3.63, 3.8) is 0 Å². The molecule has 0 aromatic heterocycles. The number of aliphatic hydroxyl groups excluding tert-OH is 1. The molecule has 1 unspecified atom stereocenters. The molecule has 1 atom stereocenters. The second-order valence-corrected chi connectivity index (χ2v) is 5.91. The van der Waals surface area contributed by atoms with E-state index in [9.17, 15) is 0 Å². The van der Waals surface area contributed by atoms with Gasteiger partial charge in [-0.05, 0) is 44.3 Å². The van der Waals surface area contributed by atoms with E-state index in [1.165, 1.54) is 0 Å². The molecule has 19 heavy (non-hydrogen) atoms. The van der Waals surface area contributed by atoms with Crippen LogP contribution in [0.1, 0.15) is 24.9 Å². The highest BCUT2D eigenvalue weighted by Gasteiger charge is 2.14. The van der Waals surface area contributed by atoms with Gasteiger partial charge in [-0.1, -0.05) is 40.5 Å². The van der Waals surface area contributed by atoms with Crippen LogP contribution in [-0.4, -0.2) is 43.3 Å². The normalized spacial score (nSPS) is 12.9. The molecular formula is C14H22BrClN2O. The second kappa shape index (κ2) is 8.93. The molecule has 5 heteroatoms. The van der Waals surface area contributed by atoms with E-state index < -0.39 is 0 Å². The summed E-state index contributed by atoms with van der Waals surface area (Å²) in [6.07, 6.45) is 0.964. The minimum absolute atomic E-state index is 0.196. The number of hydrogen-bond donors (Lipinski definition) is 2. The maximum atomic E-state index is 8.91. The quantitative estimate of drug-likeness (QED) is 0.757. The van der Waals surface area contributed by atoms with E-state index in [1.807, 2.05) is 19.2 Å². The van der Waals surface area contributed by atoms with Crippen LogP contribution >= 0.6 is 27.5 Å². The Morgan fingerprint density at radius 3 is 2.74 bits per heavy atom. The molecule has 0 saturated carbocycles. The van der Waals surface area contributed by atoms with Gasteiger partial charge in [0.2, 0.25) is 0 Å². The standard InChI is InChI=1S/C14H22BrClN2O/c1-3-17-14(6-7-18(2)8-9-19)12-5-4-11(15)10-13(12)16/h4-5,10,14,17,19H,3,6-9H2,1-2H3. The van der Waals surface area contributed by atoms with E-state index in [1.54, 1.807) is 0 Å². The van der Waals surface area contributed by atoms with E-state index >= 15 is 0 Å². The molecular weight excluding hydrogens is 328 g/mol. The Morgan fingerprint density at radius 2 is 2.16 bits per heavy atom. The van der Waals surface area contributed by atoms with Crippen molar-refractivity contribution in [2.45, 2.75) is 19.4 Å². The van der Waals surface area contributed by atoms with Crippen LogP contribution in [0.15, 0.2) is 22.7 Å². The van der Waals surface area contributed by atoms with Gasteiger partial charge in [0.05, 0.1) is 6.61 Å². The molecule has 1 rings (SSSR count). The Hall–Kier alpha value is -0.130. The molecule has 2 N–H and O–H groups in total. The summed E-state index contributed by atoms with van der Waals surface area (Å²) in [5, 5.41) is 13.2. The Labute approximate surface area is 129 Å². The first-order chi connectivity index (χ1) is 9.08. The van der Waals surface area contributed by atoms with Crippen LogP contribution in [0, 0.1) is 0 Å². The first-order valence-electron chi connectivity index (χ1n) is 6.56. The van der Waals surface area contributed by atoms with Gasteiger partial charge in [-0.2, -0.15) is 0 Å². The second-order valence-electron chi connectivity index (χ2n) is 4.59. The maximum Gasteiger partial charge on any atom is 0.0558 e. The number of likely N-dealkylation sites (N-methyl/N-ethyl adjacent to an activating group) is 1. The zero-order valence-electron chi connectivity index (χ0n) is 11.5. The number of halogens is 2. The summed E-state index contributed by atoms with van der Waals surface area (Å²) >= 11 is 9.74. The Morgan fingerprint density at radius 1 is 1.42 bits per heavy atom. The predicted octanol–water partition coefficient (Wildman–Crippen LogP) is 3.07. The summed E-state index contributed by atoms with van der Waals surface area (Å²) in [6, 6.07) is 6.25. The lowest BCUT2D eigenvalue weighted by molar-refractivity contribution is 0.215. The zero-order chi connectivity index (χ0) is 14.3. The van der Waals surface area contributed by atoms with Crippen LogP contribution in [0.3, 0.4) is 0 Å². The average Bonchev–Trinajstić information content (AvgIpc) is 2.35. The van der Waals surface area contributed by atoms with Gasteiger partial charge in [-0.15, -0.1) is 0 Å². The van der Waals surface area contributed by atoms with Crippen LogP contribution in [0.25, 0.3) is 0 Å². The van der Waals surface area contributed by atoms with Crippen molar-refractivity contribution in [2.24, 2.45) is 0 Å². The van der Waals surface area contributed by atoms with Crippen LogP contribution in [-0.2, 0) is 0 Å². The fraction of sp³-hybridized carbons (Fsp3) is 0.571. The zero-order valence-corrected chi connectivity index (χ0v) is 13.8. The molecule has 0 spiro atoms. The largest absolute Gasteiger partial charge is 0.395 e. The molecule has 0 bridgehead atoms. The van der Waals surface area contributed by atoms with Crippen molar-refractivity contribution in [2.75, 3.05) is 33.3 Å². The molecule has 0 amide bonds. The van der Waals surface area contributed by atoms with Crippen LogP contribution in [0.2, 0.25) is 5.02 Å². The smallest absolute Gasteiger partial charge is 0.0558 e. The van der Waals surface area contributed by atoms with E-state index in [0.717, 1.165) is 34.6 Å². The lowest BCUT2D eigenvalue weighted by atomic mass is 10.0. The van der Waals surface area contributed by atoms with E-state index in [2.05, 4.69) is 39.1 Å². The van der Waals surface area contributed by atoms with Crippen molar-refractivity contribution in [1.29, 1.82) is 0 Å². The van der Waals surface area contributed by atoms with E-state index in [-0.39, 0.29) is 12.6 Å². The lowest BCUT2D eigenvalue weighted by Gasteiger charge is -2.23. The third-order valence-corrected chi connectivity index (χ3v) is 3.89. The summed E-state index contributed by atoms with van der Waals surface area (Å²) in [4.78, 5) is 2.12. The summed E-state index contributed by atoms with van der Waals surface area (Å²) in [7, 11) is 2.02. The highest BCUT2D eigenvalue weighted by Crippen LogP contribution is 2.28. The number of nitrogens with one attached hydrogen (secondary N) is 1. The Balaban J connectivity index is 2.70. The number of hydrogen-bond acceptors (Lipinski definition) is 3. The van der Waals surface area contributed by atoms with Gasteiger partial charge in [0.25, 0.3) is 0 Å². The highest BCUT2D eigenvalue weighted by atomic mass is 79.9. The lowest BCUT2D eigenvalue weighted by Crippen LogP contribution is -2.29. The molecule has 0 fully saturated rings. The summed E-state index contributed by atoms with van der Waals surface area (Å²) < 4.78 is 0.994. The van der Waals surface area contributed by atoms with Crippen molar-refractivity contribution >= 4 is 27.5 Å². The number of nitrogens with zero attached hydrogens (tertiary/aromatic N) is 1. The summed E-state index contributed by atoms with van der Waals surface area (Å²) in [5.74, 6) is 0. The van der Waals surface area contributed by atoms with Gasteiger partial charge < -0.3 is 15.3 Å². The van der Waals surface area contributed by atoms with Gasteiger partial charge in [0.1, 0.15) is 0 Å². The van der Waals surface area contributed by atoms with Crippen molar-refractivity contribution in [1.82, 2.24) is 10.2 Å². The average molecular weight is 350 g/mol. The van der Waals surface area contributed by atoms with Gasteiger partial charge in [0.15, 0.2) is 0 Å². The van der Waals surface area contributed by atoms with Gasteiger partial charge in [-0.3, -0.25) is 0 Å². The minimum Gasteiger partial charge on any atom is -0.395 e. The number of rotatable bonds is 8. The Kier molecular flexibility index (Phi) is 7.95. The molecule has 0 radical (unpaired) electrons. The molecule has 0 aliphatic rings. The first kappa shape index (κ1) is 16.9. The molecule has 108 valence electrons. The molecule has 0 aliphatic heterocycles. The van der Waals surface area contributed by atoms with Crippen LogP contribution in [0.5, 0.6) is 0 Å². The molecule has 3 nitrogen and oxygen atoms in total. The third kappa shape index (κ3) is 5.79.